The van der Waals surface area contributed by atoms with Gasteiger partial charge in [-0.3, -0.25) is 4.79 Å². The van der Waals surface area contributed by atoms with Crippen molar-refractivity contribution in [1.82, 2.24) is 14.8 Å². The minimum absolute atomic E-state index is 0.121. The van der Waals surface area contributed by atoms with Crippen molar-refractivity contribution in [2.75, 3.05) is 18.0 Å². The first-order chi connectivity index (χ1) is 11.3. The second-order valence-corrected chi connectivity index (χ2v) is 7.15. The van der Waals surface area contributed by atoms with E-state index in [1.807, 2.05) is 10.6 Å². The van der Waals surface area contributed by atoms with E-state index in [0.29, 0.717) is 23.8 Å². The SMILES string of the molecule is O=c1cccc2n1C[C@@H]1C[C@H]2CN(c2nnc(C3CCC3)o2)C1. The zero-order valence-corrected chi connectivity index (χ0v) is 13.0. The molecule has 6 nitrogen and oxygen atoms in total. The molecular weight excluding hydrogens is 292 g/mol. The molecule has 2 fully saturated rings. The molecule has 1 saturated heterocycles. The smallest absolute Gasteiger partial charge is 0.318 e. The highest BCUT2D eigenvalue weighted by Gasteiger charge is 2.36. The maximum atomic E-state index is 12.1. The van der Waals surface area contributed by atoms with Crippen molar-refractivity contribution in [1.29, 1.82) is 0 Å². The summed E-state index contributed by atoms with van der Waals surface area (Å²) in [5.41, 5.74) is 1.27. The highest BCUT2D eigenvalue weighted by molar-refractivity contribution is 5.31. The van der Waals surface area contributed by atoms with Gasteiger partial charge in [-0.15, -0.1) is 5.10 Å². The van der Waals surface area contributed by atoms with Gasteiger partial charge in [-0.05, 0) is 31.2 Å². The fourth-order valence-electron chi connectivity index (χ4n) is 4.23. The molecule has 2 atom stereocenters. The first kappa shape index (κ1) is 13.3. The van der Waals surface area contributed by atoms with Crippen molar-refractivity contribution in [3.8, 4) is 0 Å². The van der Waals surface area contributed by atoms with Gasteiger partial charge >= 0.3 is 6.01 Å². The molecule has 0 spiro atoms. The summed E-state index contributed by atoms with van der Waals surface area (Å²) in [5.74, 6) is 2.12. The van der Waals surface area contributed by atoms with Crippen LogP contribution in [0.4, 0.5) is 6.01 Å². The normalized spacial score (nSPS) is 26.7. The first-order valence-corrected chi connectivity index (χ1v) is 8.56. The summed E-state index contributed by atoms with van der Waals surface area (Å²) in [4.78, 5) is 14.3. The van der Waals surface area contributed by atoms with Crippen LogP contribution in [0, 0.1) is 5.92 Å². The minimum atomic E-state index is 0.121. The van der Waals surface area contributed by atoms with E-state index in [1.54, 1.807) is 6.07 Å². The van der Waals surface area contributed by atoms with Crippen LogP contribution in [0.3, 0.4) is 0 Å². The molecule has 5 rings (SSSR count). The van der Waals surface area contributed by atoms with Crippen LogP contribution in [0.1, 0.15) is 49.1 Å². The number of hydrogen-bond acceptors (Lipinski definition) is 5. The molecule has 2 aromatic heterocycles. The Labute approximate surface area is 134 Å². The second kappa shape index (κ2) is 4.94. The lowest BCUT2D eigenvalue weighted by molar-refractivity contribution is 0.269. The van der Waals surface area contributed by atoms with Crippen molar-refractivity contribution in [3.05, 3.63) is 40.1 Å². The minimum Gasteiger partial charge on any atom is -0.408 e. The Bertz CT molecular complexity index is 792. The van der Waals surface area contributed by atoms with Crippen LogP contribution < -0.4 is 10.5 Å². The zero-order chi connectivity index (χ0) is 15.4. The molecule has 0 radical (unpaired) electrons. The standard InChI is InChI=1S/C17H20N4O2/c22-15-6-2-5-14-13-7-11(9-21(14)15)8-20(10-13)17-19-18-16(23-17)12-3-1-4-12/h2,5-6,11-13H,1,3-4,7-10H2/t11-,13+/m1/s1. The number of nitrogens with zero attached hydrogens (tertiary/aromatic N) is 4. The Morgan fingerprint density at radius 2 is 2.00 bits per heavy atom. The lowest BCUT2D eigenvalue weighted by Gasteiger charge is -2.42. The van der Waals surface area contributed by atoms with Crippen LogP contribution >= 0.6 is 0 Å². The molecule has 120 valence electrons. The Morgan fingerprint density at radius 1 is 1.09 bits per heavy atom. The van der Waals surface area contributed by atoms with Crippen molar-refractivity contribution < 1.29 is 4.42 Å². The molecule has 0 amide bonds. The van der Waals surface area contributed by atoms with E-state index in [4.69, 9.17) is 4.42 Å². The van der Waals surface area contributed by atoms with E-state index >= 15 is 0 Å². The molecule has 0 N–H and O–H groups in total. The van der Waals surface area contributed by atoms with Gasteiger partial charge < -0.3 is 13.9 Å². The van der Waals surface area contributed by atoms with Crippen LogP contribution in [0.2, 0.25) is 0 Å². The van der Waals surface area contributed by atoms with E-state index in [-0.39, 0.29) is 5.56 Å². The third kappa shape index (κ3) is 2.11. The van der Waals surface area contributed by atoms with E-state index in [2.05, 4.69) is 21.2 Å². The van der Waals surface area contributed by atoms with Crippen molar-refractivity contribution in [2.45, 2.75) is 44.1 Å². The predicted octanol–water partition coefficient (Wildman–Crippen LogP) is 2.12. The van der Waals surface area contributed by atoms with Gasteiger partial charge in [-0.2, -0.15) is 0 Å². The quantitative estimate of drug-likeness (QED) is 0.850. The fraction of sp³-hybridized carbons (Fsp3) is 0.588. The molecule has 23 heavy (non-hydrogen) atoms. The molecule has 2 bridgehead atoms. The van der Waals surface area contributed by atoms with E-state index in [9.17, 15) is 4.79 Å². The first-order valence-electron chi connectivity index (χ1n) is 8.56. The molecule has 1 saturated carbocycles. The molecule has 2 aliphatic heterocycles. The summed E-state index contributed by atoms with van der Waals surface area (Å²) in [6.07, 6.45) is 4.75. The van der Waals surface area contributed by atoms with Gasteiger partial charge in [0.05, 0.1) is 0 Å². The Morgan fingerprint density at radius 3 is 2.83 bits per heavy atom. The number of pyridine rings is 1. The average Bonchev–Trinajstić information content (AvgIpc) is 2.96. The number of fused-ring (bicyclic) bond motifs is 4. The summed E-state index contributed by atoms with van der Waals surface area (Å²) in [6.45, 7) is 2.54. The van der Waals surface area contributed by atoms with E-state index in [0.717, 1.165) is 37.6 Å². The Hall–Kier alpha value is -2.11. The third-order valence-corrected chi connectivity index (χ3v) is 5.63. The summed E-state index contributed by atoms with van der Waals surface area (Å²) in [7, 11) is 0. The van der Waals surface area contributed by atoms with Crippen LogP contribution in [0.5, 0.6) is 0 Å². The van der Waals surface area contributed by atoms with Gasteiger partial charge in [0, 0.05) is 43.2 Å². The largest absolute Gasteiger partial charge is 0.408 e. The summed E-state index contributed by atoms with van der Waals surface area (Å²) in [5, 5.41) is 8.54. The van der Waals surface area contributed by atoms with Crippen molar-refractivity contribution in [3.63, 3.8) is 0 Å². The topological polar surface area (TPSA) is 64.2 Å². The number of rotatable bonds is 2. The second-order valence-electron chi connectivity index (χ2n) is 7.15. The molecule has 6 heteroatoms. The van der Waals surface area contributed by atoms with Crippen molar-refractivity contribution in [2.24, 2.45) is 5.92 Å². The predicted molar refractivity (Wildman–Crippen MR) is 84.7 cm³/mol. The van der Waals surface area contributed by atoms with Gasteiger partial charge in [-0.1, -0.05) is 17.6 Å². The number of anilines is 1. The highest BCUT2D eigenvalue weighted by Crippen LogP contribution is 2.39. The maximum absolute atomic E-state index is 12.1. The molecular formula is C17H20N4O2. The number of hydrogen-bond donors (Lipinski definition) is 0. The molecule has 3 aliphatic rings. The summed E-state index contributed by atoms with van der Waals surface area (Å²) < 4.78 is 7.89. The summed E-state index contributed by atoms with van der Waals surface area (Å²) >= 11 is 0. The van der Waals surface area contributed by atoms with Gasteiger partial charge in [-0.25, -0.2) is 0 Å². The van der Waals surface area contributed by atoms with E-state index in [1.165, 1.54) is 19.3 Å². The van der Waals surface area contributed by atoms with Gasteiger partial charge in [0.15, 0.2) is 0 Å². The van der Waals surface area contributed by atoms with E-state index < -0.39 is 0 Å². The Kier molecular flexibility index (Phi) is 2.87. The number of piperidine rings is 1. The average molecular weight is 312 g/mol. The van der Waals surface area contributed by atoms with Crippen LogP contribution in [0.25, 0.3) is 0 Å². The Balaban J connectivity index is 1.43. The fourth-order valence-corrected chi connectivity index (χ4v) is 4.23. The molecule has 4 heterocycles. The summed E-state index contributed by atoms with van der Waals surface area (Å²) in [6, 6.07) is 6.27. The number of aromatic nitrogens is 3. The van der Waals surface area contributed by atoms with Crippen LogP contribution in [0.15, 0.2) is 27.4 Å². The zero-order valence-electron chi connectivity index (χ0n) is 13.0. The van der Waals surface area contributed by atoms with Gasteiger partial charge in [0.1, 0.15) is 0 Å². The maximum Gasteiger partial charge on any atom is 0.318 e. The molecule has 1 aliphatic carbocycles. The molecule has 0 unspecified atom stereocenters. The monoisotopic (exact) mass is 312 g/mol. The van der Waals surface area contributed by atoms with Gasteiger partial charge in [0.25, 0.3) is 5.56 Å². The lowest BCUT2D eigenvalue weighted by Crippen LogP contribution is -2.47. The van der Waals surface area contributed by atoms with Gasteiger partial charge in [0.2, 0.25) is 5.89 Å². The van der Waals surface area contributed by atoms with Crippen molar-refractivity contribution >= 4 is 6.01 Å². The van der Waals surface area contributed by atoms with Crippen LogP contribution in [-0.2, 0) is 6.54 Å². The van der Waals surface area contributed by atoms with Crippen LogP contribution in [-0.4, -0.2) is 27.9 Å². The molecule has 2 aromatic rings. The third-order valence-electron chi connectivity index (χ3n) is 5.63. The molecule has 0 aromatic carbocycles. The lowest BCUT2D eigenvalue weighted by atomic mass is 9.83. The highest BCUT2D eigenvalue weighted by atomic mass is 16.4.